The highest BCUT2D eigenvalue weighted by Crippen LogP contribution is 2.11. The molecule has 0 amide bonds. The summed E-state index contributed by atoms with van der Waals surface area (Å²) in [5, 5.41) is 0. The molecule has 0 saturated carbocycles. The molecule has 0 aliphatic heterocycles. The average Bonchev–Trinajstić information content (AvgIpc) is 2.13. The van der Waals surface area contributed by atoms with Crippen molar-refractivity contribution in [2.24, 2.45) is 0 Å². The van der Waals surface area contributed by atoms with Crippen LogP contribution in [0.3, 0.4) is 0 Å². The number of esters is 2. The van der Waals surface area contributed by atoms with Crippen molar-refractivity contribution < 1.29 is 19.1 Å². The van der Waals surface area contributed by atoms with E-state index in [-0.39, 0.29) is 0 Å². The van der Waals surface area contributed by atoms with Gasteiger partial charge in [-0.1, -0.05) is 6.92 Å². The lowest BCUT2D eigenvalue weighted by molar-refractivity contribution is -0.139. The Bertz CT molecular complexity index is 253. The van der Waals surface area contributed by atoms with Gasteiger partial charge in [-0.2, -0.15) is 0 Å². The van der Waals surface area contributed by atoms with Crippen LogP contribution in [0.5, 0.6) is 0 Å². The molecular weight excluding hydrogens is 184 g/mol. The molecule has 80 valence electrons. The molecule has 0 aromatic heterocycles. The maximum absolute atomic E-state index is 11.3. The fraction of sp³-hybridized carbons (Fsp3) is 0.600. The third kappa shape index (κ3) is 4.07. The Morgan fingerprint density at radius 1 is 1.14 bits per heavy atom. The minimum absolute atomic E-state index is 0.313. The van der Waals surface area contributed by atoms with E-state index in [9.17, 15) is 9.59 Å². The fourth-order valence-corrected chi connectivity index (χ4v) is 0.941. The van der Waals surface area contributed by atoms with E-state index in [2.05, 4.69) is 0 Å². The van der Waals surface area contributed by atoms with Gasteiger partial charge in [-0.05, 0) is 13.8 Å². The minimum Gasteiger partial charge on any atom is -0.463 e. The van der Waals surface area contributed by atoms with Gasteiger partial charge in [0.1, 0.15) is 5.76 Å². The zero-order valence-electron chi connectivity index (χ0n) is 9.05. The van der Waals surface area contributed by atoms with E-state index in [4.69, 9.17) is 9.47 Å². The molecule has 4 nitrogen and oxygen atoms in total. The molecule has 0 heterocycles. The molecule has 0 saturated heterocycles. The average molecular weight is 200 g/mol. The second-order valence-electron chi connectivity index (χ2n) is 2.72. The van der Waals surface area contributed by atoms with Crippen LogP contribution in [0.4, 0.5) is 0 Å². The lowest BCUT2D eigenvalue weighted by atomic mass is 10.2. The molecule has 4 heteroatoms. The number of hydrogen-bond donors (Lipinski definition) is 0. The number of rotatable bonds is 4. The van der Waals surface area contributed by atoms with Gasteiger partial charge in [0.25, 0.3) is 0 Å². The van der Waals surface area contributed by atoms with Gasteiger partial charge in [-0.25, -0.2) is 4.79 Å². The minimum atomic E-state index is -0.439. The van der Waals surface area contributed by atoms with Crippen molar-refractivity contribution in [3.05, 3.63) is 11.3 Å². The summed E-state index contributed by atoms with van der Waals surface area (Å²) < 4.78 is 9.65. The quantitative estimate of drug-likeness (QED) is 0.394. The van der Waals surface area contributed by atoms with Gasteiger partial charge >= 0.3 is 11.9 Å². The molecule has 0 fully saturated rings. The lowest BCUT2D eigenvalue weighted by Gasteiger charge is -2.08. The molecule has 0 atom stereocenters. The van der Waals surface area contributed by atoms with E-state index in [1.807, 2.05) is 0 Å². The predicted molar refractivity (Wildman–Crippen MR) is 51.4 cm³/mol. The van der Waals surface area contributed by atoms with Gasteiger partial charge in [0.05, 0.1) is 12.2 Å². The first-order valence-electron chi connectivity index (χ1n) is 4.58. The largest absolute Gasteiger partial charge is 0.463 e. The van der Waals surface area contributed by atoms with Gasteiger partial charge in [0.2, 0.25) is 0 Å². The second-order valence-corrected chi connectivity index (χ2v) is 2.72. The molecule has 0 bridgehead atoms. The van der Waals surface area contributed by atoms with Crippen molar-refractivity contribution in [1.82, 2.24) is 0 Å². The molecule has 14 heavy (non-hydrogen) atoms. The van der Waals surface area contributed by atoms with Crippen LogP contribution in [0.1, 0.15) is 34.1 Å². The molecule has 0 aliphatic carbocycles. The number of ether oxygens (including phenoxy) is 2. The molecule has 0 rings (SSSR count). The van der Waals surface area contributed by atoms with Crippen LogP contribution in [0.2, 0.25) is 0 Å². The van der Waals surface area contributed by atoms with E-state index in [0.29, 0.717) is 24.4 Å². The highest BCUT2D eigenvalue weighted by molar-refractivity contribution is 5.88. The molecule has 0 spiro atoms. The van der Waals surface area contributed by atoms with Crippen molar-refractivity contribution in [3.63, 3.8) is 0 Å². The zero-order valence-corrected chi connectivity index (χ0v) is 9.05. The fourth-order valence-electron chi connectivity index (χ4n) is 0.941. The Morgan fingerprint density at radius 2 is 1.71 bits per heavy atom. The smallest absolute Gasteiger partial charge is 0.337 e. The van der Waals surface area contributed by atoms with Gasteiger partial charge < -0.3 is 9.47 Å². The maximum Gasteiger partial charge on any atom is 0.337 e. The Hall–Kier alpha value is -1.32. The van der Waals surface area contributed by atoms with Crippen LogP contribution in [0.15, 0.2) is 11.3 Å². The number of carbonyl (C=O) groups excluding carboxylic acids is 2. The van der Waals surface area contributed by atoms with Gasteiger partial charge in [0, 0.05) is 13.3 Å². The van der Waals surface area contributed by atoms with Crippen LogP contribution in [-0.2, 0) is 19.1 Å². The predicted octanol–water partition coefficient (Wildman–Crippen LogP) is 1.80. The zero-order chi connectivity index (χ0) is 11.1. The topological polar surface area (TPSA) is 52.6 Å². The van der Waals surface area contributed by atoms with Crippen molar-refractivity contribution >= 4 is 11.9 Å². The molecule has 0 N–H and O–H groups in total. The number of carbonyl (C=O) groups is 2. The first-order chi connectivity index (χ1) is 6.52. The van der Waals surface area contributed by atoms with Gasteiger partial charge in [0.15, 0.2) is 0 Å². The summed E-state index contributed by atoms with van der Waals surface area (Å²) in [6, 6.07) is 0. The summed E-state index contributed by atoms with van der Waals surface area (Å²) in [7, 11) is 0. The summed E-state index contributed by atoms with van der Waals surface area (Å²) in [5.41, 5.74) is 0.351. The van der Waals surface area contributed by atoms with E-state index in [0.717, 1.165) is 0 Å². The van der Waals surface area contributed by atoms with Crippen molar-refractivity contribution in [1.29, 1.82) is 0 Å². The third-order valence-corrected chi connectivity index (χ3v) is 1.59. The summed E-state index contributed by atoms with van der Waals surface area (Å²) >= 11 is 0. The van der Waals surface area contributed by atoms with E-state index >= 15 is 0 Å². The van der Waals surface area contributed by atoms with Gasteiger partial charge in [-0.3, -0.25) is 4.79 Å². The van der Waals surface area contributed by atoms with Crippen LogP contribution >= 0.6 is 0 Å². The Kier molecular flexibility index (Phi) is 5.60. The second kappa shape index (κ2) is 6.18. The first kappa shape index (κ1) is 12.7. The molecule has 0 aromatic rings. The van der Waals surface area contributed by atoms with Gasteiger partial charge in [-0.15, -0.1) is 0 Å². The molecule has 0 unspecified atom stereocenters. The van der Waals surface area contributed by atoms with Crippen molar-refractivity contribution in [3.8, 4) is 0 Å². The number of hydrogen-bond acceptors (Lipinski definition) is 4. The van der Waals surface area contributed by atoms with Crippen LogP contribution in [-0.4, -0.2) is 18.5 Å². The van der Waals surface area contributed by atoms with Crippen LogP contribution in [0, 0.1) is 0 Å². The Labute approximate surface area is 83.9 Å². The standard InChI is InChI=1S/C10H16O4/c1-5-9(14-8(4)11)7(3)10(12)13-6-2/h5-6H2,1-4H3. The van der Waals surface area contributed by atoms with E-state index in [1.54, 1.807) is 20.8 Å². The van der Waals surface area contributed by atoms with E-state index in [1.165, 1.54) is 6.92 Å². The first-order valence-corrected chi connectivity index (χ1v) is 4.58. The van der Waals surface area contributed by atoms with Crippen molar-refractivity contribution in [2.75, 3.05) is 6.61 Å². The Balaban J connectivity index is 4.64. The van der Waals surface area contributed by atoms with E-state index < -0.39 is 11.9 Å². The maximum atomic E-state index is 11.3. The molecule has 0 aromatic carbocycles. The molecule has 0 aliphatic rings. The lowest BCUT2D eigenvalue weighted by Crippen LogP contribution is -2.10. The highest BCUT2D eigenvalue weighted by atomic mass is 16.5. The third-order valence-electron chi connectivity index (χ3n) is 1.59. The SMILES string of the molecule is CCOC(=O)C(C)=C(CC)OC(C)=O. The van der Waals surface area contributed by atoms with Crippen molar-refractivity contribution in [2.45, 2.75) is 34.1 Å². The summed E-state index contributed by atoms with van der Waals surface area (Å²) in [6.07, 6.45) is 0.490. The summed E-state index contributed by atoms with van der Waals surface area (Å²) in [5.74, 6) is -0.493. The molecular formula is C10H16O4. The van der Waals surface area contributed by atoms with Crippen LogP contribution < -0.4 is 0 Å². The molecule has 0 radical (unpaired) electrons. The van der Waals surface area contributed by atoms with Crippen LogP contribution in [0.25, 0.3) is 0 Å². The highest BCUT2D eigenvalue weighted by Gasteiger charge is 2.13. The Morgan fingerprint density at radius 3 is 2.07 bits per heavy atom. The number of allylic oxidation sites excluding steroid dienone is 1. The summed E-state index contributed by atoms with van der Waals surface area (Å²) in [6.45, 7) is 6.73. The normalized spacial score (nSPS) is 11.7. The monoisotopic (exact) mass is 200 g/mol. The summed E-state index contributed by atoms with van der Waals surface area (Å²) in [4.78, 5) is 21.9.